The maximum absolute atomic E-state index is 12.5. The van der Waals surface area contributed by atoms with Crippen LogP contribution in [-0.4, -0.2) is 19.6 Å². The van der Waals surface area contributed by atoms with Gasteiger partial charge in [0.1, 0.15) is 0 Å². The number of aryl methyl sites for hydroxylation is 1. The third-order valence-electron chi connectivity index (χ3n) is 3.44. The Balaban J connectivity index is 2.33. The van der Waals surface area contributed by atoms with E-state index in [9.17, 15) is 4.79 Å². The molecule has 0 radical (unpaired) electrons. The van der Waals surface area contributed by atoms with Gasteiger partial charge in [0.2, 0.25) is 0 Å². The lowest BCUT2D eigenvalue weighted by Gasteiger charge is -2.08. The van der Waals surface area contributed by atoms with E-state index < -0.39 is 0 Å². The van der Waals surface area contributed by atoms with Crippen molar-refractivity contribution in [1.82, 2.24) is 19.6 Å². The van der Waals surface area contributed by atoms with Crippen molar-refractivity contribution < 1.29 is 0 Å². The summed E-state index contributed by atoms with van der Waals surface area (Å²) in [7, 11) is 0. The molecule has 0 aliphatic heterocycles. The number of hydrogen-bond donors (Lipinski definition) is 1. The molecule has 1 N–H and O–H groups in total. The number of aromatic nitrogens is 4. The van der Waals surface area contributed by atoms with Crippen LogP contribution in [0.3, 0.4) is 0 Å². The minimum absolute atomic E-state index is 0.0300. The van der Waals surface area contributed by atoms with Gasteiger partial charge in [-0.2, -0.15) is 0 Å². The Kier molecular flexibility index (Phi) is 2.89. The average molecular weight is 268 g/mol. The second kappa shape index (κ2) is 4.59. The first-order valence-corrected chi connectivity index (χ1v) is 6.60. The third-order valence-corrected chi connectivity index (χ3v) is 3.44. The minimum Gasteiger partial charge on any atom is -0.296 e. The monoisotopic (exact) mass is 268 g/mol. The van der Waals surface area contributed by atoms with Gasteiger partial charge in [-0.05, 0) is 18.9 Å². The van der Waals surface area contributed by atoms with E-state index in [2.05, 4.69) is 15.1 Å². The van der Waals surface area contributed by atoms with Gasteiger partial charge >= 0.3 is 0 Å². The van der Waals surface area contributed by atoms with E-state index in [1.54, 1.807) is 18.6 Å². The Bertz CT molecular complexity index is 815. The molecule has 0 atom stereocenters. The van der Waals surface area contributed by atoms with Gasteiger partial charge < -0.3 is 0 Å². The molecule has 3 heterocycles. The number of hydrogen-bond acceptors (Lipinski definition) is 3. The summed E-state index contributed by atoms with van der Waals surface area (Å²) in [5.41, 5.74) is 3.97. The van der Waals surface area contributed by atoms with Crippen molar-refractivity contribution >= 4 is 5.65 Å². The zero-order valence-electron chi connectivity index (χ0n) is 11.7. The maximum atomic E-state index is 12.5. The van der Waals surface area contributed by atoms with Crippen molar-refractivity contribution in [3.05, 3.63) is 52.3 Å². The first kappa shape index (κ1) is 12.6. The predicted octanol–water partition coefficient (Wildman–Crippen LogP) is 2.52. The lowest BCUT2D eigenvalue weighted by molar-refractivity contribution is 0.780. The second-order valence-corrected chi connectivity index (χ2v) is 5.16. The first-order valence-electron chi connectivity index (χ1n) is 6.60. The highest BCUT2D eigenvalue weighted by Crippen LogP contribution is 2.23. The van der Waals surface area contributed by atoms with E-state index >= 15 is 0 Å². The van der Waals surface area contributed by atoms with Crippen LogP contribution < -0.4 is 5.56 Å². The van der Waals surface area contributed by atoms with E-state index in [1.807, 2.05) is 32.9 Å². The summed E-state index contributed by atoms with van der Waals surface area (Å²) < 4.78 is 1.50. The van der Waals surface area contributed by atoms with E-state index in [1.165, 1.54) is 4.52 Å². The minimum atomic E-state index is -0.0300. The molecule has 0 unspecified atom stereocenters. The molecule has 0 saturated carbocycles. The lowest BCUT2D eigenvalue weighted by Crippen LogP contribution is -2.22. The van der Waals surface area contributed by atoms with Gasteiger partial charge in [0.05, 0.1) is 0 Å². The van der Waals surface area contributed by atoms with Crippen LogP contribution in [0.5, 0.6) is 0 Å². The van der Waals surface area contributed by atoms with Gasteiger partial charge in [0, 0.05) is 41.0 Å². The molecule has 5 heteroatoms. The molecule has 0 amide bonds. The molecule has 102 valence electrons. The van der Waals surface area contributed by atoms with Gasteiger partial charge in [-0.15, -0.1) is 0 Å². The van der Waals surface area contributed by atoms with Gasteiger partial charge in [-0.1, -0.05) is 19.9 Å². The van der Waals surface area contributed by atoms with Crippen LogP contribution in [0.4, 0.5) is 0 Å². The Morgan fingerprint density at radius 1 is 1.35 bits per heavy atom. The average Bonchev–Trinajstić information content (AvgIpc) is 2.83. The fourth-order valence-electron chi connectivity index (χ4n) is 2.53. The molecule has 0 saturated heterocycles. The topological polar surface area (TPSA) is 63.1 Å². The molecule has 3 rings (SSSR count). The number of aromatic amines is 1. The molecule has 20 heavy (non-hydrogen) atoms. The summed E-state index contributed by atoms with van der Waals surface area (Å²) in [5.74, 6) is 0.150. The maximum Gasteiger partial charge on any atom is 0.276 e. The summed E-state index contributed by atoms with van der Waals surface area (Å²) >= 11 is 0. The molecule has 5 nitrogen and oxygen atoms in total. The zero-order chi connectivity index (χ0) is 14.3. The van der Waals surface area contributed by atoms with Gasteiger partial charge in [-0.3, -0.25) is 14.9 Å². The summed E-state index contributed by atoms with van der Waals surface area (Å²) in [5, 5.41) is 2.99. The molecular weight excluding hydrogens is 252 g/mol. The van der Waals surface area contributed by atoms with Gasteiger partial charge in [0.25, 0.3) is 5.56 Å². The van der Waals surface area contributed by atoms with Crippen LogP contribution in [0.2, 0.25) is 0 Å². The van der Waals surface area contributed by atoms with Gasteiger partial charge in [0.15, 0.2) is 5.65 Å². The predicted molar refractivity (Wildman–Crippen MR) is 77.9 cm³/mol. The summed E-state index contributed by atoms with van der Waals surface area (Å²) in [6.07, 6.45) is 5.28. The number of fused-ring (bicyclic) bond motifs is 1. The molecule has 0 aromatic carbocycles. The number of nitrogens with zero attached hydrogens (tertiary/aromatic N) is 3. The van der Waals surface area contributed by atoms with Crippen molar-refractivity contribution in [3.63, 3.8) is 0 Å². The molecule has 3 aromatic rings. The second-order valence-electron chi connectivity index (χ2n) is 5.16. The quantitative estimate of drug-likeness (QED) is 0.776. The number of H-pyrrole nitrogens is 1. The molecule has 0 aliphatic rings. The Hall–Kier alpha value is -2.43. The SMILES string of the molecule is Cc1nc2c(-c3cccnc3)c[nH]n2c(=O)c1C(C)C. The van der Waals surface area contributed by atoms with E-state index in [0.717, 1.165) is 22.4 Å². The normalized spacial score (nSPS) is 11.4. The van der Waals surface area contributed by atoms with Crippen LogP contribution in [-0.2, 0) is 0 Å². The van der Waals surface area contributed by atoms with Crippen LogP contribution in [0, 0.1) is 6.92 Å². The van der Waals surface area contributed by atoms with Gasteiger partial charge in [-0.25, -0.2) is 9.50 Å². The van der Waals surface area contributed by atoms with Crippen molar-refractivity contribution in [2.24, 2.45) is 0 Å². The van der Waals surface area contributed by atoms with Crippen molar-refractivity contribution in [3.8, 4) is 11.1 Å². The molecule has 0 spiro atoms. The Morgan fingerprint density at radius 2 is 2.15 bits per heavy atom. The highest BCUT2D eigenvalue weighted by Gasteiger charge is 2.16. The molecule has 0 bridgehead atoms. The van der Waals surface area contributed by atoms with E-state index in [-0.39, 0.29) is 11.5 Å². The van der Waals surface area contributed by atoms with Crippen LogP contribution >= 0.6 is 0 Å². The molecule has 0 fully saturated rings. The van der Waals surface area contributed by atoms with Crippen molar-refractivity contribution in [1.29, 1.82) is 0 Å². The van der Waals surface area contributed by atoms with Crippen LogP contribution in [0.1, 0.15) is 31.0 Å². The van der Waals surface area contributed by atoms with Crippen molar-refractivity contribution in [2.75, 3.05) is 0 Å². The van der Waals surface area contributed by atoms with Crippen LogP contribution in [0.25, 0.3) is 16.8 Å². The third kappa shape index (κ3) is 1.82. The first-order chi connectivity index (χ1) is 9.59. The highest BCUT2D eigenvalue weighted by atomic mass is 16.1. The Labute approximate surface area is 116 Å². The summed E-state index contributed by atoms with van der Waals surface area (Å²) in [6, 6.07) is 3.82. The largest absolute Gasteiger partial charge is 0.296 e. The molecule has 3 aromatic heterocycles. The fourth-order valence-corrected chi connectivity index (χ4v) is 2.53. The number of pyridine rings is 1. The molecular formula is C15H16N4O. The summed E-state index contributed by atoms with van der Waals surface area (Å²) in [6.45, 7) is 5.89. The number of rotatable bonds is 2. The van der Waals surface area contributed by atoms with E-state index in [4.69, 9.17) is 0 Å². The lowest BCUT2D eigenvalue weighted by atomic mass is 10.0. The smallest absolute Gasteiger partial charge is 0.276 e. The highest BCUT2D eigenvalue weighted by molar-refractivity contribution is 5.76. The number of nitrogens with one attached hydrogen (secondary N) is 1. The Morgan fingerprint density at radius 3 is 2.80 bits per heavy atom. The summed E-state index contributed by atoms with van der Waals surface area (Å²) in [4.78, 5) is 21.2. The zero-order valence-corrected chi connectivity index (χ0v) is 11.7. The van der Waals surface area contributed by atoms with Crippen molar-refractivity contribution in [2.45, 2.75) is 26.7 Å². The molecule has 0 aliphatic carbocycles. The van der Waals surface area contributed by atoms with E-state index in [0.29, 0.717) is 5.65 Å². The van der Waals surface area contributed by atoms with Crippen LogP contribution in [0.15, 0.2) is 35.5 Å². The standard InChI is InChI=1S/C15H16N4O/c1-9(2)13-10(3)18-14-12(8-17-19(14)15(13)20)11-5-4-6-16-7-11/h4-9,17H,1-3H3. The fraction of sp³-hybridized carbons (Fsp3) is 0.267.